The van der Waals surface area contributed by atoms with Gasteiger partial charge in [-0.05, 0) is 42.8 Å². The number of ketones is 1. The van der Waals surface area contributed by atoms with Crippen LogP contribution in [0, 0.1) is 13.8 Å². The van der Waals surface area contributed by atoms with Gasteiger partial charge in [-0.2, -0.15) is 15.3 Å². The number of nitrogens with zero attached hydrogens (tertiary/aromatic N) is 4. The second kappa shape index (κ2) is 4.97. The predicted octanol–water partition coefficient (Wildman–Crippen LogP) is 2.30. The van der Waals surface area contributed by atoms with Gasteiger partial charge in [0.2, 0.25) is 5.78 Å². The van der Waals surface area contributed by atoms with Crippen molar-refractivity contribution in [3.63, 3.8) is 0 Å². The molecule has 0 amide bonds. The number of hydrogen-bond acceptors (Lipinski definition) is 4. The molecule has 0 N–H and O–H groups in total. The molecule has 0 bridgehead atoms. The number of carbonyl (C=O) groups is 1. The van der Waals surface area contributed by atoms with Crippen LogP contribution in [-0.2, 0) is 6.54 Å². The minimum absolute atomic E-state index is 0.0864. The number of aromatic nitrogens is 4. The van der Waals surface area contributed by atoms with Gasteiger partial charge in [0.1, 0.15) is 5.69 Å². The molecule has 0 radical (unpaired) electrons. The summed E-state index contributed by atoms with van der Waals surface area (Å²) in [5, 5.41) is 12.1. The summed E-state index contributed by atoms with van der Waals surface area (Å²) >= 11 is 3.36. The lowest BCUT2D eigenvalue weighted by atomic mass is 10.1. The molecule has 0 unspecified atom stereocenters. The quantitative estimate of drug-likeness (QED) is 0.816. The van der Waals surface area contributed by atoms with E-state index in [2.05, 4.69) is 31.2 Å². The number of hydrogen-bond donors (Lipinski definition) is 0. The predicted molar refractivity (Wildman–Crippen MR) is 70.5 cm³/mol. The fourth-order valence-electron chi connectivity index (χ4n) is 1.74. The Kier molecular flexibility index (Phi) is 3.56. The molecule has 18 heavy (non-hydrogen) atoms. The molecule has 2 heterocycles. The molecular weight excluding hydrogens is 296 g/mol. The maximum atomic E-state index is 12.5. The molecule has 94 valence electrons. The van der Waals surface area contributed by atoms with E-state index >= 15 is 0 Å². The van der Waals surface area contributed by atoms with E-state index < -0.39 is 0 Å². The van der Waals surface area contributed by atoms with Crippen LogP contribution in [0.3, 0.4) is 0 Å². The average molecular weight is 309 g/mol. The lowest BCUT2D eigenvalue weighted by molar-refractivity contribution is 0.102. The van der Waals surface area contributed by atoms with Gasteiger partial charge >= 0.3 is 0 Å². The topological polar surface area (TPSA) is 60.7 Å². The molecule has 0 fully saturated rings. The van der Waals surface area contributed by atoms with E-state index in [1.54, 1.807) is 23.9 Å². The van der Waals surface area contributed by atoms with Crippen LogP contribution in [0.25, 0.3) is 0 Å². The monoisotopic (exact) mass is 308 g/mol. The van der Waals surface area contributed by atoms with Crippen molar-refractivity contribution in [2.24, 2.45) is 0 Å². The lowest BCUT2D eigenvalue weighted by Gasteiger charge is -2.07. The van der Waals surface area contributed by atoms with E-state index in [1.165, 1.54) is 0 Å². The summed E-state index contributed by atoms with van der Waals surface area (Å²) in [6, 6.07) is 1.75. The summed E-state index contributed by atoms with van der Waals surface area (Å²) in [6.07, 6.45) is 1.63. The number of aryl methyl sites for hydroxylation is 3. The maximum absolute atomic E-state index is 12.5. The van der Waals surface area contributed by atoms with Crippen molar-refractivity contribution in [1.29, 1.82) is 0 Å². The highest BCUT2D eigenvalue weighted by atomic mass is 79.9. The molecule has 5 nitrogen and oxygen atoms in total. The number of rotatable bonds is 3. The van der Waals surface area contributed by atoms with Crippen molar-refractivity contribution in [3.05, 3.63) is 39.4 Å². The van der Waals surface area contributed by atoms with E-state index in [0.717, 1.165) is 5.69 Å². The first-order valence-electron chi connectivity index (χ1n) is 5.61. The zero-order chi connectivity index (χ0) is 13.3. The van der Waals surface area contributed by atoms with Crippen LogP contribution in [0.2, 0.25) is 0 Å². The van der Waals surface area contributed by atoms with E-state index in [0.29, 0.717) is 28.0 Å². The van der Waals surface area contributed by atoms with Crippen molar-refractivity contribution >= 4 is 21.7 Å². The molecular formula is C12H13BrN4O. The second-order valence-electron chi connectivity index (χ2n) is 3.97. The van der Waals surface area contributed by atoms with Gasteiger partial charge in [-0.3, -0.25) is 9.48 Å². The van der Waals surface area contributed by atoms with E-state index in [9.17, 15) is 4.79 Å². The maximum Gasteiger partial charge on any atom is 0.214 e. The van der Waals surface area contributed by atoms with Gasteiger partial charge in [0.15, 0.2) is 0 Å². The third-order valence-corrected chi connectivity index (χ3v) is 3.24. The summed E-state index contributed by atoms with van der Waals surface area (Å²) < 4.78 is 2.37. The van der Waals surface area contributed by atoms with Gasteiger partial charge in [-0.25, -0.2) is 0 Å². The highest BCUT2D eigenvalue weighted by Gasteiger charge is 2.20. The van der Waals surface area contributed by atoms with Gasteiger partial charge < -0.3 is 0 Å². The van der Waals surface area contributed by atoms with Crippen molar-refractivity contribution < 1.29 is 4.79 Å². The minimum Gasteiger partial charge on any atom is -0.287 e. The second-order valence-corrected chi connectivity index (χ2v) is 4.83. The molecule has 6 heteroatoms. The summed E-state index contributed by atoms with van der Waals surface area (Å²) in [7, 11) is 0. The van der Waals surface area contributed by atoms with Crippen LogP contribution in [0.15, 0.2) is 16.7 Å². The Balaban J connectivity index is 2.54. The Labute approximate surface area is 113 Å². The van der Waals surface area contributed by atoms with Gasteiger partial charge in [0, 0.05) is 12.1 Å². The molecule has 0 aliphatic carbocycles. The Bertz CT molecular complexity index is 606. The smallest absolute Gasteiger partial charge is 0.214 e. The van der Waals surface area contributed by atoms with Gasteiger partial charge in [0.05, 0.1) is 22.1 Å². The molecule has 0 aliphatic rings. The molecule has 2 rings (SSSR count). The van der Waals surface area contributed by atoms with Crippen LogP contribution in [0.1, 0.15) is 34.4 Å². The first-order chi connectivity index (χ1) is 8.54. The summed E-state index contributed by atoms with van der Waals surface area (Å²) in [6.45, 7) is 6.18. The minimum atomic E-state index is -0.0864. The standard InChI is InChI=1S/C12H13BrN4O/c1-4-17-11(10(13)6-14-17)12(18)9-5-7(2)15-16-8(9)3/h5-6H,4H2,1-3H3. The van der Waals surface area contributed by atoms with Crippen LogP contribution in [-0.4, -0.2) is 25.8 Å². The highest BCUT2D eigenvalue weighted by Crippen LogP contribution is 2.21. The van der Waals surface area contributed by atoms with Gasteiger partial charge in [-0.1, -0.05) is 0 Å². The average Bonchev–Trinajstić information content (AvgIpc) is 2.72. The van der Waals surface area contributed by atoms with Gasteiger partial charge in [-0.15, -0.1) is 0 Å². The van der Waals surface area contributed by atoms with E-state index in [-0.39, 0.29) is 5.78 Å². The Hall–Kier alpha value is -1.56. The summed E-state index contributed by atoms with van der Waals surface area (Å²) in [5.41, 5.74) is 2.47. The molecule has 0 aromatic carbocycles. The summed E-state index contributed by atoms with van der Waals surface area (Å²) in [5.74, 6) is -0.0864. The van der Waals surface area contributed by atoms with Crippen molar-refractivity contribution in [3.8, 4) is 0 Å². The van der Waals surface area contributed by atoms with Gasteiger partial charge in [0.25, 0.3) is 0 Å². The zero-order valence-corrected chi connectivity index (χ0v) is 12.0. The van der Waals surface area contributed by atoms with Crippen LogP contribution in [0.4, 0.5) is 0 Å². The molecule has 0 atom stereocenters. The lowest BCUT2D eigenvalue weighted by Crippen LogP contribution is -2.13. The summed E-state index contributed by atoms with van der Waals surface area (Å²) in [4.78, 5) is 12.5. The molecule has 0 saturated heterocycles. The molecule has 0 saturated carbocycles. The van der Waals surface area contributed by atoms with Crippen LogP contribution in [0.5, 0.6) is 0 Å². The van der Waals surface area contributed by atoms with Crippen LogP contribution >= 0.6 is 15.9 Å². The van der Waals surface area contributed by atoms with Crippen molar-refractivity contribution in [1.82, 2.24) is 20.0 Å². The van der Waals surface area contributed by atoms with E-state index in [1.807, 2.05) is 13.8 Å². The first kappa shape index (κ1) is 12.9. The Morgan fingerprint density at radius 3 is 2.78 bits per heavy atom. The SMILES string of the molecule is CCn1ncc(Br)c1C(=O)c1cc(C)nnc1C. The number of carbonyl (C=O) groups excluding carboxylic acids is 1. The molecule has 2 aromatic rings. The zero-order valence-electron chi connectivity index (χ0n) is 10.4. The highest BCUT2D eigenvalue weighted by molar-refractivity contribution is 9.10. The van der Waals surface area contributed by atoms with Crippen molar-refractivity contribution in [2.45, 2.75) is 27.3 Å². The molecule has 2 aromatic heterocycles. The molecule has 0 aliphatic heterocycles. The largest absolute Gasteiger partial charge is 0.287 e. The third kappa shape index (κ3) is 2.20. The third-order valence-electron chi connectivity index (χ3n) is 2.65. The normalized spacial score (nSPS) is 10.7. The molecule has 0 spiro atoms. The fraction of sp³-hybridized carbons (Fsp3) is 0.333. The Morgan fingerprint density at radius 2 is 2.11 bits per heavy atom. The Morgan fingerprint density at radius 1 is 1.39 bits per heavy atom. The van der Waals surface area contributed by atoms with Crippen LogP contribution < -0.4 is 0 Å². The van der Waals surface area contributed by atoms with Crippen molar-refractivity contribution in [2.75, 3.05) is 0 Å². The van der Waals surface area contributed by atoms with E-state index in [4.69, 9.17) is 0 Å². The first-order valence-corrected chi connectivity index (χ1v) is 6.40. The number of halogens is 1. The fourth-order valence-corrected chi connectivity index (χ4v) is 2.21.